The van der Waals surface area contributed by atoms with Gasteiger partial charge in [-0.1, -0.05) is 0 Å². The molecule has 1 heterocycles. The Morgan fingerprint density at radius 1 is 1.43 bits per heavy atom. The molecule has 21 heavy (non-hydrogen) atoms. The predicted molar refractivity (Wildman–Crippen MR) is 83.3 cm³/mol. The minimum absolute atomic E-state index is 0.328. The summed E-state index contributed by atoms with van der Waals surface area (Å²) in [5, 5.41) is 3.39. The van der Waals surface area contributed by atoms with E-state index in [9.17, 15) is 4.79 Å². The van der Waals surface area contributed by atoms with Gasteiger partial charge in [-0.15, -0.1) is 0 Å². The summed E-state index contributed by atoms with van der Waals surface area (Å²) in [6, 6.07) is 5.66. The third-order valence-corrected chi connectivity index (χ3v) is 4.36. The number of likely N-dealkylation sites (tertiary alicyclic amines) is 1. The quantitative estimate of drug-likeness (QED) is 0.813. The summed E-state index contributed by atoms with van der Waals surface area (Å²) in [4.78, 5) is 14.1. The number of amides is 1. The van der Waals surface area contributed by atoms with Gasteiger partial charge < -0.3 is 20.7 Å². The maximum Gasteiger partial charge on any atom is 0.225 e. The Labute approximate surface area is 125 Å². The Balaban J connectivity index is 1.50. The van der Waals surface area contributed by atoms with E-state index in [-0.39, 0.29) is 0 Å². The standard InChI is InChI=1S/C16H23N3O2/c1-21-13-4-5-15(14(17)8-13)18-9-11-6-7-19(10-11)16(20)12-2-3-12/h4-5,8,11-12,18H,2-3,6-7,9-10,17H2,1H3/t11-/m0/s1. The zero-order valence-corrected chi connectivity index (χ0v) is 12.5. The molecule has 1 amide bonds. The molecule has 1 saturated heterocycles. The molecule has 1 aromatic rings. The van der Waals surface area contributed by atoms with Gasteiger partial charge in [0.2, 0.25) is 5.91 Å². The predicted octanol–water partition coefficient (Wildman–Crippen LogP) is 1.95. The molecule has 1 saturated carbocycles. The number of nitrogens with zero attached hydrogens (tertiary/aromatic N) is 1. The molecule has 5 heteroatoms. The number of carbonyl (C=O) groups excluding carboxylic acids is 1. The maximum atomic E-state index is 12.0. The topological polar surface area (TPSA) is 67.6 Å². The fourth-order valence-electron chi connectivity index (χ4n) is 2.87. The second-order valence-electron chi connectivity index (χ2n) is 6.05. The van der Waals surface area contributed by atoms with Crippen LogP contribution in [0.1, 0.15) is 19.3 Å². The van der Waals surface area contributed by atoms with Gasteiger partial charge in [-0.3, -0.25) is 4.79 Å². The summed E-state index contributed by atoms with van der Waals surface area (Å²) in [6.45, 7) is 2.63. The van der Waals surface area contributed by atoms with Crippen LogP contribution in [0.4, 0.5) is 11.4 Å². The average Bonchev–Trinajstić information content (AvgIpc) is 3.24. The lowest BCUT2D eigenvalue weighted by molar-refractivity contribution is -0.131. The number of nitrogens with two attached hydrogens (primary N) is 1. The third-order valence-electron chi connectivity index (χ3n) is 4.36. The van der Waals surface area contributed by atoms with E-state index in [0.29, 0.717) is 23.4 Å². The number of nitrogen functional groups attached to an aromatic ring is 1. The van der Waals surface area contributed by atoms with Crippen molar-refractivity contribution in [2.45, 2.75) is 19.3 Å². The van der Waals surface area contributed by atoms with Crippen LogP contribution in [0, 0.1) is 11.8 Å². The fraction of sp³-hybridized carbons (Fsp3) is 0.562. The molecule has 3 rings (SSSR count). The molecule has 2 fully saturated rings. The number of rotatable bonds is 5. The molecule has 0 bridgehead atoms. The SMILES string of the molecule is COc1ccc(NC[C@@H]2CCN(C(=O)C3CC3)C2)c(N)c1. The normalized spacial score (nSPS) is 21.4. The molecule has 0 spiro atoms. The largest absolute Gasteiger partial charge is 0.497 e. The molecule has 2 aliphatic rings. The highest BCUT2D eigenvalue weighted by molar-refractivity contribution is 5.81. The van der Waals surface area contributed by atoms with E-state index < -0.39 is 0 Å². The molecule has 3 N–H and O–H groups in total. The molecule has 0 radical (unpaired) electrons. The van der Waals surface area contributed by atoms with Gasteiger partial charge in [0.05, 0.1) is 18.5 Å². The number of ether oxygens (including phenoxy) is 1. The number of methoxy groups -OCH3 is 1. The molecule has 5 nitrogen and oxygen atoms in total. The van der Waals surface area contributed by atoms with E-state index in [1.165, 1.54) is 0 Å². The summed E-state index contributed by atoms with van der Waals surface area (Å²) in [7, 11) is 1.63. The first kappa shape index (κ1) is 14.0. The summed E-state index contributed by atoms with van der Waals surface area (Å²) >= 11 is 0. The summed E-state index contributed by atoms with van der Waals surface area (Å²) in [5.41, 5.74) is 7.62. The Morgan fingerprint density at radius 3 is 2.90 bits per heavy atom. The van der Waals surface area contributed by atoms with Crippen molar-refractivity contribution in [1.82, 2.24) is 4.90 Å². The Morgan fingerprint density at radius 2 is 2.24 bits per heavy atom. The number of carbonyl (C=O) groups is 1. The van der Waals surface area contributed by atoms with Gasteiger partial charge in [0.1, 0.15) is 5.75 Å². The zero-order chi connectivity index (χ0) is 14.8. The van der Waals surface area contributed by atoms with E-state index in [1.54, 1.807) is 7.11 Å². The van der Waals surface area contributed by atoms with Gasteiger partial charge >= 0.3 is 0 Å². The molecule has 114 valence electrons. The molecule has 1 atom stereocenters. The Bertz CT molecular complexity index is 528. The maximum absolute atomic E-state index is 12.0. The van der Waals surface area contributed by atoms with Crippen LogP contribution in [0.25, 0.3) is 0 Å². The van der Waals surface area contributed by atoms with Crippen LogP contribution < -0.4 is 15.8 Å². The molecular weight excluding hydrogens is 266 g/mol. The highest BCUT2D eigenvalue weighted by Crippen LogP contribution is 2.33. The first-order chi connectivity index (χ1) is 10.2. The van der Waals surface area contributed by atoms with Crippen LogP contribution in [0.5, 0.6) is 5.75 Å². The highest BCUT2D eigenvalue weighted by Gasteiger charge is 2.36. The molecule has 1 aliphatic heterocycles. The van der Waals surface area contributed by atoms with Crippen molar-refractivity contribution in [2.75, 3.05) is 37.8 Å². The lowest BCUT2D eigenvalue weighted by atomic mass is 10.1. The van der Waals surface area contributed by atoms with Gasteiger partial charge in [0.15, 0.2) is 0 Å². The van der Waals surface area contributed by atoms with Gasteiger partial charge in [-0.2, -0.15) is 0 Å². The van der Waals surface area contributed by atoms with Crippen LogP contribution in [-0.2, 0) is 4.79 Å². The van der Waals surface area contributed by atoms with Gasteiger partial charge in [-0.05, 0) is 37.3 Å². The Kier molecular flexibility index (Phi) is 3.90. The third kappa shape index (κ3) is 3.23. The second kappa shape index (κ2) is 5.84. The van der Waals surface area contributed by atoms with Crippen molar-refractivity contribution in [3.05, 3.63) is 18.2 Å². The van der Waals surface area contributed by atoms with Crippen molar-refractivity contribution >= 4 is 17.3 Å². The first-order valence-corrected chi connectivity index (χ1v) is 7.63. The minimum atomic E-state index is 0.328. The van der Waals surface area contributed by atoms with Crippen LogP contribution in [-0.4, -0.2) is 37.6 Å². The van der Waals surface area contributed by atoms with E-state index in [4.69, 9.17) is 10.5 Å². The number of hydrogen-bond donors (Lipinski definition) is 2. The number of hydrogen-bond acceptors (Lipinski definition) is 4. The molecule has 0 aromatic heterocycles. The van der Waals surface area contributed by atoms with Crippen molar-refractivity contribution < 1.29 is 9.53 Å². The summed E-state index contributed by atoms with van der Waals surface area (Å²) < 4.78 is 5.14. The number of nitrogens with one attached hydrogen (secondary N) is 1. The number of benzene rings is 1. The monoisotopic (exact) mass is 289 g/mol. The average molecular weight is 289 g/mol. The Hall–Kier alpha value is -1.91. The molecular formula is C16H23N3O2. The van der Waals surface area contributed by atoms with Gasteiger partial charge in [0.25, 0.3) is 0 Å². The lowest BCUT2D eigenvalue weighted by Crippen LogP contribution is -2.30. The van der Waals surface area contributed by atoms with E-state index >= 15 is 0 Å². The summed E-state index contributed by atoms with van der Waals surface area (Å²) in [5.74, 6) is 1.96. The fourth-order valence-corrected chi connectivity index (χ4v) is 2.87. The van der Waals surface area contributed by atoms with Crippen LogP contribution in [0.3, 0.4) is 0 Å². The van der Waals surface area contributed by atoms with Crippen molar-refractivity contribution in [2.24, 2.45) is 11.8 Å². The van der Waals surface area contributed by atoms with Crippen LogP contribution in [0.2, 0.25) is 0 Å². The molecule has 1 aromatic carbocycles. The molecule has 1 aliphatic carbocycles. The molecule has 0 unspecified atom stereocenters. The van der Waals surface area contributed by atoms with Crippen molar-refractivity contribution in [3.8, 4) is 5.75 Å². The second-order valence-corrected chi connectivity index (χ2v) is 6.05. The van der Waals surface area contributed by atoms with Gasteiger partial charge in [-0.25, -0.2) is 0 Å². The smallest absolute Gasteiger partial charge is 0.225 e. The number of anilines is 2. The van der Waals surface area contributed by atoms with Crippen LogP contribution in [0.15, 0.2) is 18.2 Å². The minimum Gasteiger partial charge on any atom is -0.497 e. The zero-order valence-electron chi connectivity index (χ0n) is 12.5. The summed E-state index contributed by atoms with van der Waals surface area (Å²) in [6.07, 6.45) is 3.24. The first-order valence-electron chi connectivity index (χ1n) is 7.63. The van der Waals surface area contributed by atoms with Gasteiger partial charge in [0, 0.05) is 31.6 Å². The van der Waals surface area contributed by atoms with Crippen LogP contribution >= 0.6 is 0 Å². The van der Waals surface area contributed by atoms with E-state index in [1.807, 2.05) is 23.1 Å². The van der Waals surface area contributed by atoms with E-state index in [2.05, 4.69) is 5.32 Å². The highest BCUT2D eigenvalue weighted by atomic mass is 16.5. The van der Waals surface area contributed by atoms with Crippen molar-refractivity contribution in [1.29, 1.82) is 0 Å². The lowest BCUT2D eigenvalue weighted by Gasteiger charge is -2.17. The van der Waals surface area contributed by atoms with Crippen molar-refractivity contribution in [3.63, 3.8) is 0 Å². The van der Waals surface area contributed by atoms with E-state index in [0.717, 1.165) is 50.3 Å².